The van der Waals surface area contributed by atoms with Crippen molar-refractivity contribution < 1.29 is 9.59 Å². The summed E-state index contributed by atoms with van der Waals surface area (Å²) < 4.78 is 0. The fourth-order valence-electron chi connectivity index (χ4n) is 1.70. The maximum absolute atomic E-state index is 11.6. The molecule has 0 aliphatic carbocycles. The highest BCUT2D eigenvalue weighted by Crippen LogP contribution is 2.17. The van der Waals surface area contributed by atoms with Gasteiger partial charge in [0.05, 0.1) is 12.6 Å². The number of carbonyl (C=O) groups excluding carboxylic acids is 2. The molecule has 5 nitrogen and oxygen atoms in total. The van der Waals surface area contributed by atoms with Gasteiger partial charge < -0.3 is 16.0 Å². The second-order valence-electron chi connectivity index (χ2n) is 4.38. The van der Waals surface area contributed by atoms with E-state index in [1.807, 2.05) is 38.1 Å². The number of carbonyl (C=O) groups is 2. The van der Waals surface area contributed by atoms with Crippen LogP contribution in [0.4, 0.5) is 5.69 Å². The highest BCUT2D eigenvalue weighted by atomic mass is 16.2. The molecule has 0 saturated carbocycles. The highest BCUT2D eigenvalue weighted by Gasteiger charge is 2.09. The minimum Gasteiger partial charge on any atom is -0.348 e. The van der Waals surface area contributed by atoms with Crippen LogP contribution in [-0.4, -0.2) is 24.9 Å². The number of hydrogen-bond acceptors (Lipinski definition) is 3. The summed E-state index contributed by atoms with van der Waals surface area (Å²) in [7, 11) is 0. The molecule has 19 heavy (non-hydrogen) atoms. The number of amides is 2. The molecule has 5 heteroatoms. The topological polar surface area (TPSA) is 70.2 Å². The molecule has 0 radical (unpaired) electrons. The minimum absolute atomic E-state index is 0.0423. The summed E-state index contributed by atoms with van der Waals surface area (Å²) in [5, 5.41) is 8.59. The van der Waals surface area contributed by atoms with Gasteiger partial charge in [0.1, 0.15) is 0 Å². The Hall–Kier alpha value is -1.88. The molecule has 0 aromatic heterocycles. The third kappa shape index (κ3) is 5.52. The predicted molar refractivity (Wildman–Crippen MR) is 75.8 cm³/mol. The summed E-state index contributed by atoms with van der Waals surface area (Å²) in [6, 6.07) is 7.36. The van der Waals surface area contributed by atoms with Crippen molar-refractivity contribution >= 4 is 17.5 Å². The van der Waals surface area contributed by atoms with E-state index in [2.05, 4.69) is 16.0 Å². The van der Waals surface area contributed by atoms with Crippen LogP contribution in [0.1, 0.15) is 32.4 Å². The summed E-state index contributed by atoms with van der Waals surface area (Å²) in [6.45, 7) is 6.41. The van der Waals surface area contributed by atoms with Crippen LogP contribution < -0.4 is 16.0 Å². The lowest BCUT2D eigenvalue weighted by molar-refractivity contribution is -0.121. The van der Waals surface area contributed by atoms with Gasteiger partial charge in [-0.2, -0.15) is 0 Å². The van der Waals surface area contributed by atoms with E-state index in [4.69, 9.17) is 0 Å². The van der Waals surface area contributed by atoms with E-state index >= 15 is 0 Å². The molecule has 0 fully saturated rings. The summed E-state index contributed by atoms with van der Waals surface area (Å²) in [6.07, 6.45) is 0. The van der Waals surface area contributed by atoms with Crippen molar-refractivity contribution in [3.63, 3.8) is 0 Å². The SMILES string of the molecule is CCNCC(=O)NC(C)c1cccc(NC(C)=O)c1. The second kappa shape index (κ2) is 7.53. The molecule has 3 N–H and O–H groups in total. The molecule has 1 aromatic carbocycles. The fourth-order valence-corrected chi connectivity index (χ4v) is 1.70. The lowest BCUT2D eigenvalue weighted by atomic mass is 10.1. The largest absolute Gasteiger partial charge is 0.348 e. The van der Waals surface area contributed by atoms with E-state index in [1.165, 1.54) is 6.92 Å². The molecule has 2 amide bonds. The number of hydrogen-bond donors (Lipinski definition) is 3. The average Bonchev–Trinajstić information content (AvgIpc) is 2.35. The maximum atomic E-state index is 11.6. The van der Waals surface area contributed by atoms with Gasteiger partial charge in [0.2, 0.25) is 11.8 Å². The van der Waals surface area contributed by atoms with Crippen molar-refractivity contribution in [2.75, 3.05) is 18.4 Å². The molecular weight excluding hydrogens is 242 g/mol. The quantitative estimate of drug-likeness (QED) is 0.727. The zero-order valence-electron chi connectivity index (χ0n) is 11.6. The summed E-state index contributed by atoms with van der Waals surface area (Å²) in [5.41, 5.74) is 1.69. The van der Waals surface area contributed by atoms with Gasteiger partial charge in [0, 0.05) is 12.6 Å². The summed E-state index contributed by atoms with van der Waals surface area (Å²) in [5.74, 6) is -0.153. The Morgan fingerprint density at radius 2 is 2.05 bits per heavy atom. The van der Waals surface area contributed by atoms with Crippen LogP contribution in [-0.2, 0) is 9.59 Å². The first-order valence-corrected chi connectivity index (χ1v) is 6.40. The number of benzene rings is 1. The van der Waals surface area contributed by atoms with Crippen molar-refractivity contribution in [2.24, 2.45) is 0 Å². The van der Waals surface area contributed by atoms with E-state index in [0.717, 1.165) is 17.8 Å². The first-order chi connectivity index (χ1) is 9.02. The monoisotopic (exact) mass is 263 g/mol. The van der Waals surface area contributed by atoms with Crippen LogP contribution in [0, 0.1) is 0 Å². The van der Waals surface area contributed by atoms with Gasteiger partial charge in [-0.3, -0.25) is 9.59 Å². The molecule has 0 heterocycles. The standard InChI is InChI=1S/C14H21N3O2/c1-4-15-9-14(19)16-10(2)12-6-5-7-13(8-12)17-11(3)18/h5-8,10,15H,4,9H2,1-3H3,(H,16,19)(H,17,18). The Labute approximate surface area is 113 Å². The lowest BCUT2D eigenvalue weighted by Crippen LogP contribution is -2.35. The Morgan fingerprint density at radius 1 is 1.32 bits per heavy atom. The average molecular weight is 263 g/mol. The third-order valence-corrected chi connectivity index (χ3v) is 2.62. The van der Waals surface area contributed by atoms with E-state index < -0.39 is 0 Å². The lowest BCUT2D eigenvalue weighted by Gasteiger charge is -2.15. The molecule has 0 saturated heterocycles. The Balaban J connectivity index is 2.63. The Morgan fingerprint density at radius 3 is 2.68 bits per heavy atom. The van der Waals surface area contributed by atoms with Crippen molar-refractivity contribution in [3.05, 3.63) is 29.8 Å². The van der Waals surface area contributed by atoms with Gasteiger partial charge in [0.15, 0.2) is 0 Å². The van der Waals surface area contributed by atoms with Gasteiger partial charge in [0.25, 0.3) is 0 Å². The molecule has 1 rings (SSSR count). The zero-order chi connectivity index (χ0) is 14.3. The van der Waals surface area contributed by atoms with Crippen molar-refractivity contribution in [2.45, 2.75) is 26.8 Å². The molecule has 0 aliphatic rings. The second-order valence-corrected chi connectivity index (χ2v) is 4.38. The van der Waals surface area contributed by atoms with Crippen LogP contribution in [0.3, 0.4) is 0 Å². The van der Waals surface area contributed by atoms with Crippen LogP contribution in [0.5, 0.6) is 0 Å². The normalized spacial score (nSPS) is 11.7. The van der Waals surface area contributed by atoms with Crippen LogP contribution in [0.25, 0.3) is 0 Å². The van der Waals surface area contributed by atoms with Gasteiger partial charge in [-0.05, 0) is 31.2 Å². The smallest absolute Gasteiger partial charge is 0.234 e. The van der Waals surface area contributed by atoms with Crippen LogP contribution in [0.15, 0.2) is 24.3 Å². The summed E-state index contributed by atoms with van der Waals surface area (Å²) in [4.78, 5) is 22.6. The van der Waals surface area contributed by atoms with Gasteiger partial charge >= 0.3 is 0 Å². The third-order valence-electron chi connectivity index (χ3n) is 2.62. The fraction of sp³-hybridized carbons (Fsp3) is 0.429. The van der Waals surface area contributed by atoms with E-state index in [0.29, 0.717) is 6.54 Å². The molecule has 1 aromatic rings. The van der Waals surface area contributed by atoms with Crippen molar-refractivity contribution in [1.82, 2.24) is 10.6 Å². The summed E-state index contributed by atoms with van der Waals surface area (Å²) >= 11 is 0. The van der Waals surface area contributed by atoms with Gasteiger partial charge in [-0.15, -0.1) is 0 Å². The first-order valence-electron chi connectivity index (χ1n) is 6.40. The Kier molecular flexibility index (Phi) is 6.02. The highest BCUT2D eigenvalue weighted by molar-refractivity contribution is 5.88. The van der Waals surface area contributed by atoms with E-state index in [-0.39, 0.29) is 17.9 Å². The van der Waals surface area contributed by atoms with E-state index in [1.54, 1.807) is 0 Å². The number of rotatable bonds is 6. The molecule has 0 aliphatic heterocycles. The number of anilines is 1. The number of nitrogens with one attached hydrogen (secondary N) is 3. The minimum atomic E-state index is -0.110. The molecule has 1 atom stereocenters. The molecular formula is C14H21N3O2. The maximum Gasteiger partial charge on any atom is 0.234 e. The van der Waals surface area contributed by atoms with Crippen LogP contribution >= 0.6 is 0 Å². The zero-order valence-corrected chi connectivity index (χ0v) is 11.6. The van der Waals surface area contributed by atoms with Crippen molar-refractivity contribution in [3.8, 4) is 0 Å². The van der Waals surface area contributed by atoms with Crippen molar-refractivity contribution in [1.29, 1.82) is 0 Å². The van der Waals surface area contributed by atoms with Gasteiger partial charge in [-0.25, -0.2) is 0 Å². The van der Waals surface area contributed by atoms with Crippen LogP contribution in [0.2, 0.25) is 0 Å². The molecule has 104 valence electrons. The predicted octanol–water partition coefficient (Wildman–Crippen LogP) is 1.43. The molecule has 1 unspecified atom stereocenters. The van der Waals surface area contributed by atoms with Gasteiger partial charge in [-0.1, -0.05) is 19.1 Å². The Bertz CT molecular complexity index is 446. The first kappa shape index (κ1) is 15.2. The molecule has 0 spiro atoms. The number of likely N-dealkylation sites (N-methyl/N-ethyl adjacent to an activating group) is 1. The van der Waals surface area contributed by atoms with E-state index in [9.17, 15) is 9.59 Å². The molecule has 0 bridgehead atoms.